The van der Waals surface area contributed by atoms with Crippen molar-refractivity contribution in [2.45, 2.75) is 20.8 Å². The first-order valence-electron chi connectivity index (χ1n) is 9.44. The Morgan fingerprint density at radius 1 is 0.821 bits per heavy atom. The molecule has 0 fully saturated rings. The molecule has 3 heteroatoms. The van der Waals surface area contributed by atoms with E-state index in [0.717, 1.165) is 28.3 Å². The van der Waals surface area contributed by atoms with E-state index in [1.165, 1.54) is 22.3 Å². The van der Waals surface area contributed by atoms with Crippen LogP contribution in [0.5, 0.6) is 5.75 Å². The molecule has 0 radical (unpaired) electrons. The first kappa shape index (κ1) is 18.1. The molecule has 4 rings (SSSR count). The molecule has 140 valence electrons. The van der Waals surface area contributed by atoms with E-state index < -0.39 is 0 Å². The molecule has 0 saturated carbocycles. The van der Waals surface area contributed by atoms with Gasteiger partial charge in [0.05, 0.1) is 12.8 Å². The molecule has 3 nitrogen and oxygen atoms in total. The Morgan fingerprint density at radius 2 is 1.54 bits per heavy atom. The predicted molar refractivity (Wildman–Crippen MR) is 115 cm³/mol. The van der Waals surface area contributed by atoms with E-state index in [0.29, 0.717) is 0 Å². The molecular weight excluding hydrogens is 344 g/mol. The van der Waals surface area contributed by atoms with Crippen molar-refractivity contribution in [1.82, 2.24) is 9.78 Å². The zero-order valence-electron chi connectivity index (χ0n) is 16.7. The average Bonchev–Trinajstić information content (AvgIpc) is 3.13. The van der Waals surface area contributed by atoms with Crippen LogP contribution in [0.1, 0.15) is 16.7 Å². The minimum absolute atomic E-state index is 0.818. The second kappa shape index (κ2) is 7.35. The van der Waals surface area contributed by atoms with Crippen molar-refractivity contribution >= 4 is 0 Å². The lowest BCUT2D eigenvalue weighted by Gasteiger charge is -2.11. The van der Waals surface area contributed by atoms with Crippen molar-refractivity contribution < 1.29 is 4.74 Å². The van der Waals surface area contributed by atoms with Crippen molar-refractivity contribution in [2.75, 3.05) is 7.11 Å². The number of rotatable bonds is 4. The van der Waals surface area contributed by atoms with E-state index in [-0.39, 0.29) is 0 Å². The molecule has 0 aliphatic heterocycles. The molecule has 4 aromatic rings. The van der Waals surface area contributed by atoms with E-state index in [2.05, 4.69) is 63.4 Å². The smallest absolute Gasteiger partial charge is 0.121 e. The summed E-state index contributed by atoms with van der Waals surface area (Å²) >= 11 is 0. The number of benzene rings is 3. The number of hydrogen-bond acceptors (Lipinski definition) is 2. The van der Waals surface area contributed by atoms with Crippen LogP contribution in [0.3, 0.4) is 0 Å². The summed E-state index contributed by atoms with van der Waals surface area (Å²) in [5.74, 6) is 0.818. The maximum Gasteiger partial charge on any atom is 0.121 e. The van der Waals surface area contributed by atoms with Gasteiger partial charge in [0.15, 0.2) is 0 Å². The highest BCUT2D eigenvalue weighted by Crippen LogP contribution is 2.36. The van der Waals surface area contributed by atoms with Gasteiger partial charge in [-0.2, -0.15) is 5.10 Å². The van der Waals surface area contributed by atoms with Gasteiger partial charge < -0.3 is 4.74 Å². The minimum Gasteiger partial charge on any atom is -0.497 e. The highest BCUT2D eigenvalue weighted by molar-refractivity contribution is 5.84. The van der Waals surface area contributed by atoms with Gasteiger partial charge in [0.2, 0.25) is 0 Å². The third-order valence-electron chi connectivity index (χ3n) is 5.03. The first-order valence-corrected chi connectivity index (χ1v) is 9.44. The van der Waals surface area contributed by atoms with Crippen LogP contribution < -0.4 is 4.74 Å². The number of aryl methyl sites for hydroxylation is 3. The Labute approximate surface area is 166 Å². The molecule has 3 aromatic carbocycles. The fourth-order valence-corrected chi connectivity index (χ4v) is 3.86. The summed E-state index contributed by atoms with van der Waals surface area (Å²) in [6.07, 6.45) is 2.13. The molecule has 1 aromatic heterocycles. The number of nitrogens with zero attached hydrogens (tertiary/aromatic N) is 2. The van der Waals surface area contributed by atoms with Crippen molar-refractivity contribution in [1.29, 1.82) is 0 Å². The molecule has 0 spiro atoms. The van der Waals surface area contributed by atoms with Crippen LogP contribution in [-0.4, -0.2) is 16.9 Å². The summed E-state index contributed by atoms with van der Waals surface area (Å²) in [7, 11) is 1.68. The van der Waals surface area contributed by atoms with Crippen LogP contribution in [0.4, 0.5) is 0 Å². The van der Waals surface area contributed by atoms with Gasteiger partial charge in [-0.25, -0.2) is 4.68 Å². The summed E-state index contributed by atoms with van der Waals surface area (Å²) in [6, 6.07) is 22.8. The zero-order valence-corrected chi connectivity index (χ0v) is 16.7. The monoisotopic (exact) mass is 368 g/mol. The number of ether oxygens (including phenoxy) is 1. The Hall–Kier alpha value is -3.33. The van der Waals surface area contributed by atoms with Gasteiger partial charge in [-0.3, -0.25) is 0 Å². The summed E-state index contributed by atoms with van der Waals surface area (Å²) in [5.41, 5.74) is 9.27. The highest BCUT2D eigenvalue weighted by atomic mass is 16.5. The topological polar surface area (TPSA) is 27.1 Å². The largest absolute Gasteiger partial charge is 0.497 e. The first-order chi connectivity index (χ1) is 13.6. The highest BCUT2D eigenvalue weighted by Gasteiger charge is 2.17. The third kappa shape index (κ3) is 3.31. The summed E-state index contributed by atoms with van der Waals surface area (Å²) < 4.78 is 7.34. The normalized spacial score (nSPS) is 10.9. The summed E-state index contributed by atoms with van der Waals surface area (Å²) in [5, 5.41) is 4.97. The molecule has 0 aliphatic carbocycles. The molecule has 1 heterocycles. The Bertz CT molecular complexity index is 1100. The van der Waals surface area contributed by atoms with E-state index in [1.54, 1.807) is 7.11 Å². The van der Waals surface area contributed by atoms with Crippen molar-refractivity contribution in [2.24, 2.45) is 0 Å². The Kier molecular flexibility index (Phi) is 4.74. The minimum atomic E-state index is 0.818. The van der Waals surface area contributed by atoms with Crippen LogP contribution >= 0.6 is 0 Å². The lowest BCUT2D eigenvalue weighted by molar-refractivity contribution is 0.414. The standard InChI is InChI=1S/C25H24N2O/c1-17-13-18(2)24(19(3)14-17)23-16-27(21-11-8-12-22(15-21)28-4)26-25(23)20-9-6-5-7-10-20/h5-16H,1-4H3. The van der Waals surface area contributed by atoms with E-state index in [4.69, 9.17) is 9.84 Å². The van der Waals surface area contributed by atoms with E-state index in [1.807, 2.05) is 35.0 Å². The fourth-order valence-electron chi connectivity index (χ4n) is 3.86. The lowest BCUT2D eigenvalue weighted by Crippen LogP contribution is -1.95. The van der Waals surface area contributed by atoms with E-state index >= 15 is 0 Å². The van der Waals surface area contributed by atoms with Gasteiger partial charge in [-0.1, -0.05) is 54.1 Å². The SMILES string of the molecule is COc1cccc(-n2cc(-c3c(C)cc(C)cc3C)c(-c3ccccc3)n2)c1. The molecule has 0 bridgehead atoms. The Morgan fingerprint density at radius 3 is 2.21 bits per heavy atom. The molecule has 0 atom stereocenters. The van der Waals surface area contributed by atoms with Gasteiger partial charge in [-0.05, 0) is 49.6 Å². The number of aromatic nitrogens is 2. The van der Waals surface area contributed by atoms with Crippen LogP contribution in [0.15, 0.2) is 72.9 Å². The van der Waals surface area contributed by atoms with Crippen LogP contribution in [-0.2, 0) is 0 Å². The van der Waals surface area contributed by atoms with Gasteiger partial charge in [0.25, 0.3) is 0 Å². The van der Waals surface area contributed by atoms with E-state index in [9.17, 15) is 0 Å². The number of hydrogen-bond donors (Lipinski definition) is 0. The van der Waals surface area contributed by atoms with Gasteiger partial charge >= 0.3 is 0 Å². The molecule has 0 saturated heterocycles. The summed E-state index contributed by atoms with van der Waals surface area (Å²) in [4.78, 5) is 0. The van der Waals surface area contributed by atoms with Crippen LogP contribution in [0.2, 0.25) is 0 Å². The van der Waals surface area contributed by atoms with Crippen LogP contribution in [0, 0.1) is 20.8 Å². The predicted octanol–water partition coefficient (Wildman–Crippen LogP) is 6.14. The molecular formula is C25H24N2O. The second-order valence-electron chi connectivity index (χ2n) is 7.18. The van der Waals surface area contributed by atoms with Crippen molar-refractivity contribution in [3.8, 4) is 33.8 Å². The van der Waals surface area contributed by atoms with Gasteiger partial charge in [0.1, 0.15) is 11.4 Å². The maximum atomic E-state index is 5.39. The van der Waals surface area contributed by atoms with Gasteiger partial charge in [0, 0.05) is 23.4 Å². The van der Waals surface area contributed by atoms with Gasteiger partial charge in [-0.15, -0.1) is 0 Å². The number of methoxy groups -OCH3 is 1. The second-order valence-corrected chi connectivity index (χ2v) is 7.18. The Balaban J connectivity index is 1.96. The quantitative estimate of drug-likeness (QED) is 0.432. The molecule has 0 aliphatic rings. The maximum absolute atomic E-state index is 5.39. The summed E-state index contributed by atoms with van der Waals surface area (Å²) in [6.45, 7) is 6.49. The zero-order chi connectivity index (χ0) is 19.7. The molecule has 0 amide bonds. The van der Waals surface area contributed by atoms with Crippen molar-refractivity contribution in [3.05, 3.63) is 89.6 Å². The lowest BCUT2D eigenvalue weighted by atomic mass is 9.92. The average molecular weight is 368 g/mol. The molecule has 0 unspecified atom stereocenters. The van der Waals surface area contributed by atoms with Crippen molar-refractivity contribution in [3.63, 3.8) is 0 Å². The fraction of sp³-hybridized carbons (Fsp3) is 0.160. The molecule has 28 heavy (non-hydrogen) atoms. The third-order valence-corrected chi connectivity index (χ3v) is 5.03. The van der Waals surface area contributed by atoms with Crippen LogP contribution in [0.25, 0.3) is 28.1 Å². The molecule has 0 N–H and O–H groups in total.